The molecule has 6 heteroatoms. The Morgan fingerprint density at radius 3 is 2.71 bits per heavy atom. The van der Waals surface area contributed by atoms with E-state index in [1.54, 1.807) is 13.4 Å². The summed E-state index contributed by atoms with van der Waals surface area (Å²) in [6.07, 6.45) is 5.49. The molecule has 28 heavy (non-hydrogen) atoms. The fourth-order valence-corrected chi connectivity index (χ4v) is 4.31. The third-order valence-corrected chi connectivity index (χ3v) is 5.87. The molecule has 0 bridgehead atoms. The van der Waals surface area contributed by atoms with Crippen molar-refractivity contribution in [3.05, 3.63) is 82.3 Å². The number of ether oxygens (including phenoxy) is 1. The third-order valence-electron chi connectivity index (χ3n) is 5.24. The summed E-state index contributed by atoms with van der Waals surface area (Å²) < 4.78 is 8.37. The molecule has 0 spiro atoms. The molecule has 1 aliphatic heterocycles. The van der Waals surface area contributed by atoms with Gasteiger partial charge in [0.1, 0.15) is 17.7 Å². The van der Waals surface area contributed by atoms with Gasteiger partial charge in [-0.15, -0.1) is 0 Å². The van der Waals surface area contributed by atoms with E-state index >= 15 is 0 Å². The molecule has 140 valence electrons. The molecule has 0 unspecified atom stereocenters. The molecule has 0 saturated carbocycles. The smallest absolute Gasteiger partial charge is 0.149 e. The number of hydrogen-bond donors (Lipinski definition) is 0. The highest BCUT2D eigenvalue weighted by molar-refractivity contribution is 9.10. The zero-order valence-corrected chi connectivity index (χ0v) is 17.1. The molecule has 4 aromatic rings. The summed E-state index contributed by atoms with van der Waals surface area (Å²) in [5.41, 5.74) is 6.10. The number of rotatable bonds is 4. The van der Waals surface area contributed by atoms with Gasteiger partial charge in [-0.25, -0.2) is 9.97 Å². The highest BCUT2D eigenvalue weighted by atomic mass is 79.9. The second-order valence-corrected chi connectivity index (χ2v) is 7.91. The molecule has 2 aromatic heterocycles. The van der Waals surface area contributed by atoms with Gasteiger partial charge in [0.15, 0.2) is 0 Å². The standard InChI is InChI=1S/C22H19BrN4O/c1-28-19-6-2-15(3-7-19)10-26-11-16-4-5-18(8-17(16)12-26)27-13-21(23)20-9-24-14-25-22(20)27/h2-9,13-14H,10-12H2,1H3. The van der Waals surface area contributed by atoms with Crippen molar-refractivity contribution < 1.29 is 4.74 Å². The highest BCUT2D eigenvalue weighted by Crippen LogP contribution is 2.30. The number of hydrogen-bond acceptors (Lipinski definition) is 4. The quantitative estimate of drug-likeness (QED) is 0.466. The molecule has 3 heterocycles. The number of halogens is 1. The molecule has 0 N–H and O–H groups in total. The number of aromatic nitrogens is 3. The molecule has 0 atom stereocenters. The van der Waals surface area contributed by atoms with Gasteiger partial charge in [-0.2, -0.15) is 0 Å². The second-order valence-electron chi connectivity index (χ2n) is 7.05. The van der Waals surface area contributed by atoms with Gasteiger partial charge in [-0.1, -0.05) is 18.2 Å². The molecule has 2 aromatic carbocycles. The van der Waals surface area contributed by atoms with E-state index in [4.69, 9.17) is 4.74 Å². The van der Waals surface area contributed by atoms with Crippen molar-refractivity contribution in [1.82, 2.24) is 19.4 Å². The van der Waals surface area contributed by atoms with Crippen molar-refractivity contribution in [2.75, 3.05) is 7.11 Å². The van der Waals surface area contributed by atoms with Crippen LogP contribution < -0.4 is 4.74 Å². The van der Waals surface area contributed by atoms with E-state index in [-0.39, 0.29) is 0 Å². The zero-order chi connectivity index (χ0) is 19.1. The van der Waals surface area contributed by atoms with E-state index in [1.165, 1.54) is 16.7 Å². The van der Waals surface area contributed by atoms with Crippen LogP contribution in [-0.2, 0) is 19.6 Å². The van der Waals surface area contributed by atoms with Crippen LogP contribution in [0.4, 0.5) is 0 Å². The molecular weight excluding hydrogens is 416 g/mol. The Kier molecular flexibility index (Phi) is 4.37. The van der Waals surface area contributed by atoms with E-state index in [1.807, 2.05) is 18.3 Å². The lowest BCUT2D eigenvalue weighted by molar-refractivity contribution is 0.275. The average molecular weight is 435 g/mol. The van der Waals surface area contributed by atoms with Gasteiger partial charge in [0.25, 0.3) is 0 Å². The molecule has 0 radical (unpaired) electrons. The van der Waals surface area contributed by atoms with Crippen LogP contribution in [0.25, 0.3) is 16.7 Å². The molecular formula is C22H19BrN4O. The number of methoxy groups -OCH3 is 1. The fourth-order valence-electron chi connectivity index (χ4n) is 3.83. The Balaban J connectivity index is 1.40. The third kappa shape index (κ3) is 3.08. The first-order valence-electron chi connectivity index (χ1n) is 9.15. The normalized spacial score (nSPS) is 13.8. The Morgan fingerprint density at radius 2 is 1.89 bits per heavy atom. The van der Waals surface area contributed by atoms with Gasteiger partial charge in [-0.3, -0.25) is 4.90 Å². The van der Waals surface area contributed by atoms with Crippen molar-refractivity contribution in [3.8, 4) is 11.4 Å². The lowest BCUT2D eigenvalue weighted by Crippen LogP contribution is -2.15. The minimum Gasteiger partial charge on any atom is -0.497 e. The van der Waals surface area contributed by atoms with Crippen molar-refractivity contribution in [3.63, 3.8) is 0 Å². The van der Waals surface area contributed by atoms with Crippen LogP contribution in [0.3, 0.4) is 0 Å². The summed E-state index contributed by atoms with van der Waals surface area (Å²) in [7, 11) is 1.70. The van der Waals surface area contributed by atoms with Crippen LogP contribution in [0, 0.1) is 0 Å². The summed E-state index contributed by atoms with van der Waals surface area (Å²) in [6.45, 7) is 2.85. The van der Waals surface area contributed by atoms with E-state index in [9.17, 15) is 0 Å². The summed E-state index contributed by atoms with van der Waals surface area (Å²) in [5.74, 6) is 0.895. The van der Waals surface area contributed by atoms with Crippen molar-refractivity contribution in [2.24, 2.45) is 0 Å². The molecule has 0 amide bonds. The lowest BCUT2D eigenvalue weighted by Gasteiger charge is -2.15. The minimum atomic E-state index is 0.895. The summed E-state index contributed by atoms with van der Waals surface area (Å²) >= 11 is 3.62. The SMILES string of the molecule is COc1ccc(CN2Cc3ccc(-n4cc(Br)c5cncnc54)cc3C2)cc1. The summed E-state index contributed by atoms with van der Waals surface area (Å²) in [6, 6.07) is 15.0. The van der Waals surface area contributed by atoms with E-state index in [0.717, 1.165) is 46.6 Å². The number of nitrogens with zero attached hydrogens (tertiary/aromatic N) is 4. The highest BCUT2D eigenvalue weighted by Gasteiger charge is 2.20. The van der Waals surface area contributed by atoms with E-state index < -0.39 is 0 Å². The van der Waals surface area contributed by atoms with Gasteiger partial charge in [0.2, 0.25) is 0 Å². The summed E-state index contributed by atoms with van der Waals surface area (Å²) in [4.78, 5) is 11.0. The molecule has 1 aliphatic rings. The monoisotopic (exact) mass is 434 g/mol. The van der Waals surface area contributed by atoms with Gasteiger partial charge < -0.3 is 9.30 Å². The maximum atomic E-state index is 5.25. The van der Waals surface area contributed by atoms with Crippen LogP contribution in [-0.4, -0.2) is 26.5 Å². The number of benzene rings is 2. The predicted octanol–water partition coefficient (Wildman–Crippen LogP) is 4.71. The Labute approximate surface area is 171 Å². The molecule has 5 nitrogen and oxygen atoms in total. The topological polar surface area (TPSA) is 43.2 Å². The molecule has 0 fully saturated rings. The van der Waals surface area contributed by atoms with Crippen LogP contribution in [0.15, 0.2) is 65.7 Å². The first kappa shape index (κ1) is 17.4. The van der Waals surface area contributed by atoms with Crippen LogP contribution >= 0.6 is 15.9 Å². The maximum Gasteiger partial charge on any atom is 0.149 e. The number of fused-ring (bicyclic) bond motifs is 2. The van der Waals surface area contributed by atoms with Crippen molar-refractivity contribution in [1.29, 1.82) is 0 Å². The van der Waals surface area contributed by atoms with Gasteiger partial charge in [0, 0.05) is 42.2 Å². The average Bonchev–Trinajstić information content (AvgIpc) is 3.28. The molecule has 5 rings (SSSR count). The van der Waals surface area contributed by atoms with Gasteiger partial charge >= 0.3 is 0 Å². The van der Waals surface area contributed by atoms with Gasteiger partial charge in [-0.05, 0) is 56.9 Å². The molecule has 0 saturated heterocycles. The fraction of sp³-hybridized carbons (Fsp3) is 0.182. The largest absolute Gasteiger partial charge is 0.497 e. The maximum absolute atomic E-state index is 5.25. The first-order valence-corrected chi connectivity index (χ1v) is 9.94. The van der Waals surface area contributed by atoms with E-state index in [2.05, 4.69) is 71.9 Å². The first-order chi connectivity index (χ1) is 13.7. The summed E-state index contributed by atoms with van der Waals surface area (Å²) in [5, 5.41) is 1.02. The van der Waals surface area contributed by atoms with Crippen molar-refractivity contribution in [2.45, 2.75) is 19.6 Å². The Bertz CT molecular complexity index is 1150. The van der Waals surface area contributed by atoms with Crippen molar-refractivity contribution >= 4 is 27.0 Å². The molecule has 0 aliphatic carbocycles. The van der Waals surface area contributed by atoms with Crippen LogP contribution in [0.2, 0.25) is 0 Å². The van der Waals surface area contributed by atoms with Crippen LogP contribution in [0.5, 0.6) is 5.75 Å². The second kappa shape index (κ2) is 7.04. The predicted molar refractivity (Wildman–Crippen MR) is 113 cm³/mol. The zero-order valence-electron chi connectivity index (χ0n) is 15.5. The van der Waals surface area contributed by atoms with Crippen LogP contribution in [0.1, 0.15) is 16.7 Å². The van der Waals surface area contributed by atoms with E-state index in [0.29, 0.717) is 0 Å². The minimum absolute atomic E-state index is 0.895. The van der Waals surface area contributed by atoms with Gasteiger partial charge in [0.05, 0.1) is 12.5 Å². The Hall–Kier alpha value is -2.70. The lowest BCUT2D eigenvalue weighted by atomic mass is 10.1. The Morgan fingerprint density at radius 1 is 1.07 bits per heavy atom.